The van der Waals surface area contributed by atoms with Crippen molar-refractivity contribution in [3.8, 4) is 0 Å². The molecule has 0 saturated heterocycles. The van der Waals surface area contributed by atoms with Crippen LogP contribution >= 0.6 is 130 Å². The molecular weight excluding hydrogens is 1330 g/mol. The highest BCUT2D eigenvalue weighted by atomic mass is 33.1. The molecule has 0 spiro atoms. The number of carboxylic acid groups (broad SMARTS) is 2. The Morgan fingerprint density at radius 3 is 0.616 bits per heavy atom. The van der Waals surface area contributed by atoms with Crippen LogP contribution in [0.3, 0.4) is 0 Å². The first-order chi connectivity index (χ1) is 41.8. The SMILES string of the molecule is C=CCSSCC=C.CC.CN.CN.CN.CN.CN.CN.CNC(=O)CCSSCCC(=O)NC.CNC(=O)CCSSCCC(=O)NC.CNCCCSSCCCNC.CNCCCSSCCCNC.O=C(O)CCSSCCC(=O)O. The summed E-state index contributed by atoms with van der Waals surface area (Å²) in [5.41, 5.74) is 27.0. The molecule has 22 nitrogen and oxygen atoms in total. The zero-order valence-corrected chi connectivity index (χ0v) is 65.5. The molecular formula is C52H128N14O8S12. The van der Waals surface area contributed by atoms with E-state index in [0.29, 0.717) is 37.2 Å². The van der Waals surface area contributed by atoms with Gasteiger partial charge in [0.25, 0.3) is 0 Å². The number of rotatable bonds is 44. The molecule has 0 fully saturated rings. The molecule has 0 radical (unpaired) electrons. The minimum Gasteiger partial charge on any atom is -0.481 e. The molecule has 526 valence electrons. The standard InChI is InChI=1S/2C8H16N2O2S2.2C8H20N2S2.C6H10O4S2.C6H10S2.C2H6.6CH5N/c2*1-9-7(11)3-5-13-14-6-4-8(12)10-2;2*1-9-5-3-7-11-12-8-4-6-10-2;7-5(8)1-3-11-12-4-2-6(9)10;1-3-5-7-8-6-4-2;7*1-2/h2*3-6H2,1-2H3,(H,9,11)(H,10,12);2*9-10H,3-8H2,1-2H3;1-4H2,(H,7,8)(H,9,10);3-4H,1-2,5-6H2;1-2H3;6*2H2,1H3. The summed E-state index contributed by atoms with van der Waals surface area (Å²) in [4.78, 5) is 63.3. The Bertz CT molecular complexity index is 1100. The molecule has 0 unspecified atom stereocenters. The zero-order valence-electron chi connectivity index (χ0n) is 55.7. The van der Waals surface area contributed by atoms with Gasteiger partial charge >= 0.3 is 11.9 Å². The minimum absolute atomic E-state index is 0.0596. The molecule has 0 atom stereocenters. The topological polar surface area (TPSA) is 395 Å². The second kappa shape index (κ2) is 138. The number of nitrogens with two attached hydrogens (primary N) is 6. The Morgan fingerprint density at radius 1 is 0.314 bits per heavy atom. The lowest BCUT2D eigenvalue weighted by Crippen LogP contribution is -2.18. The Balaban J connectivity index is -0.0000000650. The van der Waals surface area contributed by atoms with E-state index in [1.54, 1.807) is 93.0 Å². The van der Waals surface area contributed by atoms with Crippen molar-refractivity contribution in [1.82, 2.24) is 42.5 Å². The van der Waals surface area contributed by atoms with Crippen LogP contribution in [-0.2, 0) is 28.8 Å². The summed E-state index contributed by atoms with van der Waals surface area (Å²) in [5.74, 6) is 9.94. The lowest BCUT2D eigenvalue weighted by Gasteiger charge is -2.00. The third-order valence-corrected chi connectivity index (χ3v) is 21.7. The average Bonchev–Trinajstić information content (AvgIpc) is 3.55. The lowest BCUT2D eigenvalue weighted by molar-refractivity contribution is -0.137. The first-order valence-corrected chi connectivity index (χ1v) is 42.7. The molecule has 0 aromatic rings. The Hall–Kier alpha value is 0.1000. The van der Waals surface area contributed by atoms with Crippen LogP contribution in [0.1, 0.15) is 78.1 Å². The van der Waals surface area contributed by atoms with Crippen molar-refractivity contribution in [3.63, 3.8) is 0 Å². The van der Waals surface area contributed by atoms with Gasteiger partial charge in [0.15, 0.2) is 0 Å². The summed E-state index contributed by atoms with van der Waals surface area (Å²) in [7, 11) is 44.4. The number of carboxylic acids is 2. The van der Waals surface area contributed by atoms with Crippen LogP contribution < -0.4 is 76.9 Å². The largest absolute Gasteiger partial charge is 0.481 e. The predicted octanol–water partition coefficient (Wildman–Crippen LogP) is 6.99. The molecule has 0 aromatic carbocycles. The van der Waals surface area contributed by atoms with Gasteiger partial charge in [-0.3, -0.25) is 28.8 Å². The van der Waals surface area contributed by atoms with Gasteiger partial charge in [0, 0.05) is 123 Å². The number of hydrogen-bond acceptors (Lipinski definition) is 28. The summed E-state index contributed by atoms with van der Waals surface area (Å²) in [6.45, 7) is 15.8. The van der Waals surface area contributed by atoms with E-state index in [1.165, 1.54) is 113 Å². The van der Waals surface area contributed by atoms with E-state index in [1.807, 2.05) is 97.4 Å². The van der Waals surface area contributed by atoms with E-state index < -0.39 is 11.9 Å². The van der Waals surface area contributed by atoms with Crippen molar-refractivity contribution in [2.45, 2.75) is 78.1 Å². The molecule has 86 heavy (non-hydrogen) atoms. The fourth-order valence-corrected chi connectivity index (χ4v) is 15.1. The van der Waals surface area contributed by atoms with Gasteiger partial charge in [-0.2, -0.15) is 0 Å². The van der Waals surface area contributed by atoms with Crippen LogP contribution in [-0.4, -0.2) is 240 Å². The average molecular weight is 1460 g/mol. The summed E-state index contributed by atoms with van der Waals surface area (Å²) >= 11 is 0. The Morgan fingerprint density at radius 2 is 0.477 bits per heavy atom. The number of nitrogens with one attached hydrogen (secondary N) is 8. The van der Waals surface area contributed by atoms with Gasteiger partial charge in [0.2, 0.25) is 23.6 Å². The normalized spacial score (nSPS) is 8.67. The highest BCUT2D eigenvalue weighted by molar-refractivity contribution is 8.78. The van der Waals surface area contributed by atoms with E-state index in [-0.39, 0.29) is 36.5 Å². The van der Waals surface area contributed by atoms with E-state index in [9.17, 15) is 28.8 Å². The molecule has 4 amide bonds. The zero-order chi connectivity index (χ0) is 69.4. The lowest BCUT2D eigenvalue weighted by atomic mass is 10.5. The van der Waals surface area contributed by atoms with Crippen LogP contribution in [0.15, 0.2) is 25.3 Å². The maximum Gasteiger partial charge on any atom is 0.304 e. The van der Waals surface area contributed by atoms with Gasteiger partial charge in [-0.15, -0.1) is 13.2 Å². The summed E-state index contributed by atoms with van der Waals surface area (Å²) < 4.78 is 0. The van der Waals surface area contributed by atoms with Crippen molar-refractivity contribution in [1.29, 1.82) is 0 Å². The predicted molar refractivity (Wildman–Crippen MR) is 415 cm³/mol. The fraction of sp³-hybridized carbons (Fsp3) is 0.808. The molecule has 0 bridgehead atoms. The van der Waals surface area contributed by atoms with Gasteiger partial charge < -0.3 is 87.1 Å². The molecule has 0 aliphatic rings. The highest BCUT2D eigenvalue weighted by Crippen LogP contribution is 2.25. The van der Waals surface area contributed by atoms with Crippen LogP contribution in [0.4, 0.5) is 0 Å². The number of hydrogen-bond donors (Lipinski definition) is 16. The van der Waals surface area contributed by atoms with E-state index in [2.05, 4.69) is 90.1 Å². The fourth-order valence-electron chi connectivity index (χ4n) is 3.31. The summed E-state index contributed by atoms with van der Waals surface area (Å²) in [6.07, 6.45) is 11.3. The van der Waals surface area contributed by atoms with E-state index in [4.69, 9.17) is 10.2 Å². The van der Waals surface area contributed by atoms with Crippen molar-refractivity contribution in [2.75, 3.05) is 194 Å². The molecule has 0 saturated carbocycles. The Kier molecular flexibility index (Phi) is 187. The third kappa shape index (κ3) is 172. The second-order valence-electron chi connectivity index (χ2n) is 13.2. The van der Waals surface area contributed by atoms with Crippen LogP contribution in [0, 0.1) is 0 Å². The van der Waals surface area contributed by atoms with Gasteiger partial charge in [0.05, 0.1) is 12.8 Å². The molecule has 34 heteroatoms. The van der Waals surface area contributed by atoms with Gasteiger partial charge in [0.1, 0.15) is 0 Å². The molecule has 22 N–H and O–H groups in total. The second-order valence-corrected chi connectivity index (χ2v) is 29.2. The third-order valence-electron chi connectivity index (χ3n) is 7.05. The van der Waals surface area contributed by atoms with E-state index >= 15 is 0 Å². The number of aliphatic carboxylic acids is 2. The highest BCUT2D eigenvalue weighted by Gasteiger charge is 2.02. The molecule has 0 heterocycles. The first kappa shape index (κ1) is 117. The maximum absolute atomic E-state index is 10.8. The first-order valence-electron chi connectivity index (χ1n) is 27.8. The number of carbonyl (C=O) groups excluding carboxylic acids is 4. The van der Waals surface area contributed by atoms with Crippen molar-refractivity contribution in [2.24, 2.45) is 34.4 Å². The smallest absolute Gasteiger partial charge is 0.304 e. The number of carbonyl (C=O) groups is 6. The van der Waals surface area contributed by atoms with Crippen LogP contribution in [0.2, 0.25) is 0 Å². The molecule has 0 aliphatic heterocycles. The van der Waals surface area contributed by atoms with Crippen molar-refractivity contribution < 1.29 is 39.0 Å². The van der Waals surface area contributed by atoms with Crippen LogP contribution in [0.5, 0.6) is 0 Å². The quantitative estimate of drug-likeness (QED) is 0.0166. The molecule has 0 aliphatic carbocycles. The van der Waals surface area contributed by atoms with Gasteiger partial charge in [-0.1, -0.05) is 156 Å². The Labute approximate surface area is 573 Å². The van der Waals surface area contributed by atoms with Crippen molar-refractivity contribution >= 4 is 165 Å². The molecule has 0 rings (SSSR count). The summed E-state index contributed by atoms with van der Waals surface area (Å²) in [5, 5.41) is 39.3. The van der Waals surface area contributed by atoms with Crippen molar-refractivity contribution in [3.05, 3.63) is 25.3 Å². The maximum atomic E-state index is 10.8. The molecule has 0 aromatic heterocycles. The monoisotopic (exact) mass is 1460 g/mol. The van der Waals surface area contributed by atoms with E-state index in [0.717, 1.165) is 60.7 Å². The van der Waals surface area contributed by atoms with Gasteiger partial charge in [-0.25, -0.2) is 0 Å². The number of amides is 4. The van der Waals surface area contributed by atoms with Crippen LogP contribution in [0.25, 0.3) is 0 Å². The minimum atomic E-state index is -0.818. The van der Waals surface area contributed by atoms with Gasteiger partial charge in [-0.05, 0) is 122 Å². The summed E-state index contributed by atoms with van der Waals surface area (Å²) in [6, 6.07) is 0.